The maximum Gasteiger partial charge on any atom is 0.351 e. The lowest BCUT2D eigenvalue weighted by atomic mass is 9.94. The second kappa shape index (κ2) is 4.26. The van der Waals surface area contributed by atoms with Gasteiger partial charge in [-0.1, -0.05) is 6.92 Å². The van der Waals surface area contributed by atoms with Crippen LogP contribution < -0.4 is 11.4 Å². The second-order valence-electron chi connectivity index (χ2n) is 4.78. The highest BCUT2D eigenvalue weighted by molar-refractivity contribution is 5.24. The van der Waals surface area contributed by atoms with Gasteiger partial charge in [-0.25, -0.2) is 9.18 Å². The van der Waals surface area contributed by atoms with Crippen LogP contribution in [-0.4, -0.2) is 37.3 Å². The summed E-state index contributed by atoms with van der Waals surface area (Å²) in [4.78, 5) is 15.2. The maximum atomic E-state index is 14.3. The van der Waals surface area contributed by atoms with E-state index in [-0.39, 0.29) is 12.2 Å². The van der Waals surface area contributed by atoms with Crippen molar-refractivity contribution in [3.05, 3.63) is 22.7 Å². The van der Waals surface area contributed by atoms with E-state index in [0.717, 1.165) is 4.57 Å². The first-order chi connectivity index (χ1) is 8.72. The van der Waals surface area contributed by atoms with Gasteiger partial charge in [0, 0.05) is 12.6 Å². The third kappa shape index (κ3) is 2.01. The molecule has 1 aromatic heterocycles. The van der Waals surface area contributed by atoms with Gasteiger partial charge in [-0.2, -0.15) is 4.98 Å². The average molecular weight is 273 g/mol. The van der Waals surface area contributed by atoms with Gasteiger partial charge in [0.2, 0.25) is 5.85 Å². The van der Waals surface area contributed by atoms with Crippen LogP contribution in [0.1, 0.15) is 26.5 Å². The molecule has 4 N–H and O–H groups in total. The Kier molecular flexibility index (Phi) is 3.12. The van der Waals surface area contributed by atoms with E-state index in [2.05, 4.69) is 4.98 Å². The first-order valence-electron chi connectivity index (χ1n) is 5.84. The van der Waals surface area contributed by atoms with Crippen LogP contribution in [0.15, 0.2) is 17.1 Å². The van der Waals surface area contributed by atoms with Crippen molar-refractivity contribution >= 4 is 5.82 Å². The van der Waals surface area contributed by atoms with Gasteiger partial charge < -0.3 is 20.7 Å². The molecule has 0 aromatic carbocycles. The smallest absolute Gasteiger partial charge is 0.351 e. The van der Waals surface area contributed by atoms with Crippen LogP contribution in [0.2, 0.25) is 0 Å². The molecule has 1 aromatic rings. The van der Waals surface area contributed by atoms with Gasteiger partial charge in [0.25, 0.3) is 0 Å². The van der Waals surface area contributed by atoms with Crippen molar-refractivity contribution in [3.8, 4) is 0 Å². The summed E-state index contributed by atoms with van der Waals surface area (Å²) in [7, 11) is 0. The predicted molar refractivity (Wildman–Crippen MR) is 63.8 cm³/mol. The molecule has 8 heteroatoms. The Balaban J connectivity index is 2.48. The zero-order valence-corrected chi connectivity index (χ0v) is 10.6. The standard InChI is InChI=1S/C11H16FN3O4/c1-3-11(12)7(16)10(2,18)8(19-11)15-5-4-6(13)14-9(15)17/h4-5,7-8,16,18H,3H2,1-2H3,(H2,13,14,17)/t7-,8+,10+,11+/m0/s1. The summed E-state index contributed by atoms with van der Waals surface area (Å²) in [6.07, 6.45) is -2.09. The lowest BCUT2D eigenvalue weighted by Crippen LogP contribution is -2.48. The van der Waals surface area contributed by atoms with Gasteiger partial charge in [0.15, 0.2) is 6.23 Å². The van der Waals surface area contributed by atoms with E-state index in [0.29, 0.717) is 0 Å². The molecule has 1 aliphatic heterocycles. The van der Waals surface area contributed by atoms with Gasteiger partial charge >= 0.3 is 5.69 Å². The Morgan fingerprint density at radius 2 is 2.32 bits per heavy atom. The number of rotatable bonds is 2. The molecular formula is C11H16FN3O4. The highest BCUT2D eigenvalue weighted by Crippen LogP contribution is 2.46. The maximum absolute atomic E-state index is 14.3. The van der Waals surface area contributed by atoms with Gasteiger partial charge in [0.05, 0.1) is 0 Å². The summed E-state index contributed by atoms with van der Waals surface area (Å²) < 4.78 is 20.2. The number of halogens is 1. The molecule has 1 saturated heterocycles. The van der Waals surface area contributed by atoms with Crippen molar-refractivity contribution in [1.82, 2.24) is 9.55 Å². The number of aromatic nitrogens is 2. The van der Waals surface area contributed by atoms with Crippen molar-refractivity contribution in [1.29, 1.82) is 0 Å². The SMILES string of the molecule is CC[C@@]1(F)O[C@@H](n2ccc(N)nc2=O)[C@](C)(O)[C@@H]1O. The Hall–Kier alpha value is -1.51. The summed E-state index contributed by atoms with van der Waals surface area (Å²) in [6, 6.07) is 1.32. The molecule has 1 aliphatic rings. The van der Waals surface area contributed by atoms with E-state index in [1.54, 1.807) is 0 Å². The van der Waals surface area contributed by atoms with Gasteiger partial charge in [-0.3, -0.25) is 4.57 Å². The van der Waals surface area contributed by atoms with Crippen molar-refractivity contribution in [2.24, 2.45) is 0 Å². The van der Waals surface area contributed by atoms with Crippen molar-refractivity contribution in [2.75, 3.05) is 5.73 Å². The van der Waals surface area contributed by atoms with E-state index in [4.69, 9.17) is 10.5 Å². The molecule has 0 aliphatic carbocycles. The molecule has 1 fully saturated rings. The quantitative estimate of drug-likeness (QED) is 0.672. The fraction of sp³-hybridized carbons (Fsp3) is 0.636. The molecule has 0 bridgehead atoms. The summed E-state index contributed by atoms with van der Waals surface area (Å²) >= 11 is 0. The number of nitrogens with zero attached hydrogens (tertiary/aromatic N) is 2. The number of hydrogen-bond donors (Lipinski definition) is 3. The number of anilines is 1. The number of hydrogen-bond acceptors (Lipinski definition) is 6. The molecule has 0 saturated carbocycles. The molecule has 19 heavy (non-hydrogen) atoms. The zero-order chi connectivity index (χ0) is 14.4. The fourth-order valence-electron chi connectivity index (χ4n) is 2.16. The third-order valence-electron chi connectivity index (χ3n) is 3.36. The van der Waals surface area contributed by atoms with Crippen molar-refractivity contribution < 1.29 is 19.3 Å². The molecule has 2 rings (SSSR count). The van der Waals surface area contributed by atoms with E-state index >= 15 is 0 Å². The molecule has 4 atom stereocenters. The van der Waals surface area contributed by atoms with E-state index in [1.807, 2.05) is 0 Å². The largest absolute Gasteiger partial charge is 0.384 e. The summed E-state index contributed by atoms with van der Waals surface area (Å²) in [6.45, 7) is 2.66. The topological polar surface area (TPSA) is 111 Å². The first kappa shape index (κ1) is 13.9. The van der Waals surface area contributed by atoms with Crippen LogP contribution in [0.5, 0.6) is 0 Å². The minimum atomic E-state index is -2.42. The molecule has 0 amide bonds. The second-order valence-corrected chi connectivity index (χ2v) is 4.78. The Labute approximate surface area is 108 Å². The van der Waals surface area contributed by atoms with Crippen molar-refractivity contribution in [2.45, 2.75) is 44.1 Å². The Morgan fingerprint density at radius 3 is 2.79 bits per heavy atom. The fourth-order valence-corrected chi connectivity index (χ4v) is 2.16. The predicted octanol–water partition coefficient (Wildman–Crippen LogP) is -0.458. The summed E-state index contributed by atoms with van der Waals surface area (Å²) in [5, 5.41) is 20.0. The van der Waals surface area contributed by atoms with E-state index in [9.17, 15) is 19.4 Å². The zero-order valence-electron chi connectivity index (χ0n) is 10.6. The Morgan fingerprint density at radius 1 is 1.68 bits per heavy atom. The lowest BCUT2D eigenvalue weighted by molar-refractivity contribution is -0.188. The van der Waals surface area contributed by atoms with Crippen LogP contribution in [0.25, 0.3) is 0 Å². The number of nitrogens with two attached hydrogens (primary N) is 1. The van der Waals surface area contributed by atoms with Crippen molar-refractivity contribution in [3.63, 3.8) is 0 Å². The number of nitrogen functional groups attached to an aromatic ring is 1. The number of aliphatic hydroxyl groups is 2. The molecule has 106 valence electrons. The van der Waals surface area contributed by atoms with Crippen LogP contribution in [0.4, 0.5) is 10.2 Å². The molecule has 0 radical (unpaired) electrons. The minimum absolute atomic E-state index is 0.00133. The van der Waals surface area contributed by atoms with E-state index < -0.39 is 29.5 Å². The molecule has 0 unspecified atom stereocenters. The van der Waals surface area contributed by atoms with Crippen LogP contribution >= 0.6 is 0 Å². The van der Waals surface area contributed by atoms with Gasteiger partial charge in [-0.05, 0) is 13.0 Å². The average Bonchev–Trinajstić information content (AvgIpc) is 2.51. The lowest BCUT2D eigenvalue weighted by Gasteiger charge is -2.27. The summed E-state index contributed by atoms with van der Waals surface area (Å²) in [5.41, 5.74) is 2.59. The van der Waals surface area contributed by atoms with Crippen LogP contribution in [0.3, 0.4) is 0 Å². The highest BCUT2D eigenvalue weighted by atomic mass is 19.2. The summed E-state index contributed by atoms with van der Waals surface area (Å²) in [5.74, 6) is -2.42. The monoisotopic (exact) mass is 273 g/mol. The molecule has 2 heterocycles. The Bertz CT molecular complexity index is 547. The van der Waals surface area contributed by atoms with Gasteiger partial charge in [0.1, 0.15) is 17.5 Å². The first-order valence-corrected chi connectivity index (χ1v) is 5.84. The van der Waals surface area contributed by atoms with Crippen LogP contribution in [-0.2, 0) is 4.74 Å². The number of ether oxygens (including phenoxy) is 1. The van der Waals surface area contributed by atoms with Gasteiger partial charge in [-0.15, -0.1) is 0 Å². The minimum Gasteiger partial charge on any atom is -0.384 e. The molecule has 7 nitrogen and oxygen atoms in total. The number of aliphatic hydroxyl groups excluding tert-OH is 1. The normalized spacial score (nSPS) is 38.6. The molecule has 0 spiro atoms. The van der Waals surface area contributed by atoms with E-state index in [1.165, 1.54) is 26.1 Å². The third-order valence-corrected chi connectivity index (χ3v) is 3.36. The number of alkyl halides is 1. The highest BCUT2D eigenvalue weighted by Gasteiger charge is 2.62. The molecular weight excluding hydrogens is 257 g/mol. The van der Waals surface area contributed by atoms with Crippen LogP contribution in [0, 0.1) is 0 Å².